The number of carboxylic acid groups (broad SMARTS) is 1. The Morgan fingerprint density at radius 1 is 1.52 bits per heavy atom. The first-order chi connectivity index (χ1) is 10.1. The van der Waals surface area contributed by atoms with E-state index >= 15 is 0 Å². The molecule has 2 aromatic heterocycles. The zero-order chi connectivity index (χ0) is 15.2. The number of aromatic nitrogens is 2. The molecule has 1 atom stereocenters. The summed E-state index contributed by atoms with van der Waals surface area (Å²) < 4.78 is 6.60. The van der Waals surface area contributed by atoms with Gasteiger partial charge in [0.2, 0.25) is 0 Å². The van der Waals surface area contributed by atoms with Gasteiger partial charge in [0.05, 0.1) is 12.5 Å². The molecule has 0 bridgehead atoms. The van der Waals surface area contributed by atoms with Gasteiger partial charge in [-0.25, -0.2) is 9.59 Å². The van der Waals surface area contributed by atoms with E-state index in [0.717, 1.165) is 5.76 Å². The van der Waals surface area contributed by atoms with Crippen molar-refractivity contribution in [3.63, 3.8) is 0 Å². The summed E-state index contributed by atoms with van der Waals surface area (Å²) in [6.07, 6.45) is 5.03. The fourth-order valence-electron chi connectivity index (χ4n) is 1.81. The van der Waals surface area contributed by atoms with Crippen LogP contribution in [0.5, 0.6) is 0 Å². The van der Waals surface area contributed by atoms with Crippen LogP contribution in [-0.4, -0.2) is 33.4 Å². The predicted octanol–water partition coefficient (Wildman–Crippen LogP) is 0.681. The second-order valence-corrected chi connectivity index (χ2v) is 4.45. The van der Waals surface area contributed by atoms with Crippen molar-refractivity contribution in [2.24, 2.45) is 7.05 Å². The molecule has 8 nitrogen and oxygen atoms in total. The predicted molar refractivity (Wildman–Crippen MR) is 72.5 cm³/mol. The molecule has 2 heterocycles. The van der Waals surface area contributed by atoms with E-state index in [1.54, 1.807) is 31.6 Å². The zero-order valence-corrected chi connectivity index (χ0v) is 11.4. The summed E-state index contributed by atoms with van der Waals surface area (Å²) in [6, 6.07) is 1.87. The molecule has 0 aliphatic heterocycles. The van der Waals surface area contributed by atoms with Crippen molar-refractivity contribution in [3.05, 3.63) is 42.1 Å². The molecule has 2 amide bonds. The van der Waals surface area contributed by atoms with Crippen molar-refractivity contribution in [1.29, 1.82) is 0 Å². The summed E-state index contributed by atoms with van der Waals surface area (Å²) in [6.45, 7) is 0.346. The van der Waals surface area contributed by atoms with Crippen LogP contribution in [0.1, 0.15) is 17.4 Å². The standard InChI is InChI=1S/C13H16N4O4/c1-17-8-9(7-15-17)11(12(18)19)16-13(20)14-5-4-10-3-2-6-21-10/h2-3,6-8,11H,4-5H2,1H3,(H,18,19)(H2,14,16,20). The molecule has 0 saturated carbocycles. The van der Waals surface area contributed by atoms with Crippen LogP contribution < -0.4 is 10.6 Å². The minimum atomic E-state index is -1.15. The number of hydrogen-bond donors (Lipinski definition) is 3. The molecule has 112 valence electrons. The molecule has 21 heavy (non-hydrogen) atoms. The molecule has 0 fully saturated rings. The summed E-state index contributed by atoms with van der Waals surface area (Å²) >= 11 is 0. The summed E-state index contributed by atoms with van der Waals surface area (Å²) in [5.74, 6) is -0.401. The molecule has 0 aromatic carbocycles. The van der Waals surface area contributed by atoms with Gasteiger partial charge in [-0.2, -0.15) is 5.10 Å². The number of hydrogen-bond acceptors (Lipinski definition) is 4. The van der Waals surface area contributed by atoms with Crippen LogP contribution in [0.15, 0.2) is 35.2 Å². The first-order valence-electron chi connectivity index (χ1n) is 6.34. The lowest BCUT2D eigenvalue weighted by atomic mass is 10.1. The van der Waals surface area contributed by atoms with Crippen molar-refractivity contribution in [3.8, 4) is 0 Å². The van der Waals surface area contributed by atoms with Crippen LogP contribution in [0.3, 0.4) is 0 Å². The summed E-state index contributed by atoms with van der Waals surface area (Å²) in [7, 11) is 1.67. The smallest absolute Gasteiger partial charge is 0.331 e. The maximum atomic E-state index is 11.7. The molecule has 0 radical (unpaired) electrons. The Labute approximate surface area is 120 Å². The average molecular weight is 292 g/mol. The average Bonchev–Trinajstić information content (AvgIpc) is 3.07. The molecular weight excluding hydrogens is 276 g/mol. The molecule has 0 aliphatic carbocycles. The minimum absolute atomic E-state index is 0.346. The van der Waals surface area contributed by atoms with E-state index in [9.17, 15) is 9.59 Å². The molecule has 2 rings (SSSR count). The number of amides is 2. The topological polar surface area (TPSA) is 109 Å². The molecule has 0 saturated heterocycles. The van der Waals surface area contributed by atoms with Gasteiger partial charge in [-0.05, 0) is 12.1 Å². The van der Waals surface area contributed by atoms with Crippen LogP contribution in [0, 0.1) is 0 Å². The summed E-state index contributed by atoms with van der Waals surface area (Å²) in [5, 5.41) is 18.0. The minimum Gasteiger partial charge on any atom is -0.479 e. The third kappa shape index (κ3) is 4.10. The van der Waals surface area contributed by atoms with E-state index in [0.29, 0.717) is 18.5 Å². The molecular formula is C13H16N4O4. The van der Waals surface area contributed by atoms with E-state index in [1.165, 1.54) is 10.9 Å². The fraction of sp³-hybridized carbons (Fsp3) is 0.308. The van der Waals surface area contributed by atoms with Crippen molar-refractivity contribution >= 4 is 12.0 Å². The van der Waals surface area contributed by atoms with Crippen molar-refractivity contribution in [2.75, 3.05) is 6.54 Å². The van der Waals surface area contributed by atoms with Gasteiger partial charge >= 0.3 is 12.0 Å². The largest absolute Gasteiger partial charge is 0.479 e. The van der Waals surface area contributed by atoms with Gasteiger partial charge in [-0.15, -0.1) is 0 Å². The van der Waals surface area contributed by atoms with Gasteiger partial charge in [0.15, 0.2) is 6.04 Å². The molecule has 3 N–H and O–H groups in total. The fourth-order valence-corrected chi connectivity index (χ4v) is 1.81. The Bertz CT molecular complexity index is 605. The third-order valence-electron chi connectivity index (χ3n) is 2.82. The van der Waals surface area contributed by atoms with Gasteiger partial charge in [0, 0.05) is 31.8 Å². The van der Waals surface area contributed by atoms with Crippen LogP contribution >= 0.6 is 0 Å². The monoisotopic (exact) mass is 292 g/mol. The lowest BCUT2D eigenvalue weighted by molar-refractivity contribution is -0.139. The van der Waals surface area contributed by atoms with E-state index < -0.39 is 18.0 Å². The van der Waals surface area contributed by atoms with Crippen LogP contribution in [0.2, 0.25) is 0 Å². The Balaban J connectivity index is 1.85. The Morgan fingerprint density at radius 3 is 2.90 bits per heavy atom. The molecule has 0 spiro atoms. The number of carbonyl (C=O) groups is 2. The maximum Gasteiger partial charge on any atom is 0.331 e. The highest BCUT2D eigenvalue weighted by Crippen LogP contribution is 2.11. The number of nitrogens with zero attached hydrogens (tertiary/aromatic N) is 2. The van der Waals surface area contributed by atoms with Gasteiger partial charge in [-0.1, -0.05) is 0 Å². The number of carboxylic acids is 1. The Hall–Kier alpha value is -2.77. The summed E-state index contributed by atoms with van der Waals surface area (Å²) in [4.78, 5) is 22.9. The zero-order valence-electron chi connectivity index (χ0n) is 11.4. The quantitative estimate of drug-likeness (QED) is 0.725. The van der Waals surface area contributed by atoms with Crippen LogP contribution in [0.25, 0.3) is 0 Å². The highest BCUT2D eigenvalue weighted by molar-refractivity contribution is 5.83. The number of aliphatic carboxylic acids is 1. The Morgan fingerprint density at radius 2 is 2.33 bits per heavy atom. The highest BCUT2D eigenvalue weighted by atomic mass is 16.4. The van der Waals surface area contributed by atoms with Gasteiger partial charge in [-0.3, -0.25) is 4.68 Å². The number of carbonyl (C=O) groups excluding carboxylic acids is 1. The lowest BCUT2D eigenvalue weighted by Crippen LogP contribution is -2.41. The van der Waals surface area contributed by atoms with E-state index in [1.807, 2.05) is 0 Å². The van der Waals surface area contributed by atoms with E-state index in [2.05, 4.69) is 15.7 Å². The lowest BCUT2D eigenvalue weighted by Gasteiger charge is -2.13. The number of urea groups is 1. The number of furan rings is 1. The third-order valence-corrected chi connectivity index (χ3v) is 2.82. The number of aryl methyl sites for hydroxylation is 1. The molecule has 1 unspecified atom stereocenters. The first kappa shape index (κ1) is 14.6. The van der Waals surface area contributed by atoms with E-state index in [4.69, 9.17) is 9.52 Å². The SMILES string of the molecule is Cn1cc(C(NC(=O)NCCc2ccco2)C(=O)O)cn1. The van der Waals surface area contributed by atoms with E-state index in [-0.39, 0.29) is 0 Å². The molecule has 2 aromatic rings. The first-order valence-corrected chi connectivity index (χ1v) is 6.34. The molecule has 0 aliphatic rings. The van der Waals surface area contributed by atoms with Crippen LogP contribution in [0.4, 0.5) is 4.79 Å². The van der Waals surface area contributed by atoms with Crippen molar-refractivity contribution in [2.45, 2.75) is 12.5 Å². The maximum absolute atomic E-state index is 11.7. The molecule has 8 heteroatoms. The summed E-state index contributed by atoms with van der Waals surface area (Å²) in [5.41, 5.74) is 0.409. The van der Waals surface area contributed by atoms with Gasteiger partial charge in [0.25, 0.3) is 0 Å². The van der Waals surface area contributed by atoms with Gasteiger partial charge < -0.3 is 20.2 Å². The highest BCUT2D eigenvalue weighted by Gasteiger charge is 2.23. The second-order valence-electron chi connectivity index (χ2n) is 4.45. The number of nitrogens with one attached hydrogen (secondary N) is 2. The van der Waals surface area contributed by atoms with Crippen molar-refractivity contribution < 1.29 is 19.1 Å². The second kappa shape index (κ2) is 6.60. The normalized spacial score (nSPS) is 11.9. The van der Waals surface area contributed by atoms with Gasteiger partial charge in [0.1, 0.15) is 5.76 Å². The van der Waals surface area contributed by atoms with Crippen molar-refractivity contribution in [1.82, 2.24) is 20.4 Å². The van der Waals surface area contributed by atoms with Crippen LogP contribution in [-0.2, 0) is 18.3 Å². The number of rotatable bonds is 6. The Kier molecular flexibility index (Phi) is 4.60.